The fourth-order valence-corrected chi connectivity index (χ4v) is 5.78. The van der Waals surface area contributed by atoms with Crippen molar-refractivity contribution in [2.75, 3.05) is 33.2 Å². The largest absolute Gasteiger partial charge is 0.465 e. The minimum Gasteiger partial charge on any atom is -0.465 e. The van der Waals surface area contributed by atoms with Crippen LogP contribution >= 0.6 is 0 Å². The fourth-order valence-electron chi connectivity index (χ4n) is 5.78. The molecule has 2 amide bonds. The number of carboxylic acid groups (broad SMARTS) is 1. The van der Waals surface area contributed by atoms with Gasteiger partial charge in [-0.3, -0.25) is 9.69 Å². The predicted octanol–water partition coefficient (Wildman–Crippen LogP) is 6.24. The highest BCUT2D eigenvalue weighted by Crippen LogP contribution is 2.38. The lowest BCUT2D eigenvalue weighted by atomic mass is 9.83. The van der Waals surface area contributed by atoms with Crippen molar-refractivity contribution < 1.29 is 45.4 Å². The summed E-state index contributed by atoms with van der Waals surface area (Å²) in [7, 11) is 1.33. The zero-order chi connectivity index (χ0) is 30.3. The van der Waals surface area contributed by atoms with E-state index >= 15 is 0 Å². The molecule has 224 valence electrons. The van der Waals surface area contributed by atoms with Crippen LogP contribution in [0, 0.1) is 12.7 Å². The Bertz CT molecular complexity index is 1260. The van der Waals surface area contributed by atoms with Gasteiger partial charge in [-0.2, -0.15) is 26.3 Å². The molecule has 0 aliphatic carbocycles. The molecule has 2 heterocycles. The molecule has 41 heavy (non-hydrogen) atoms. The lowest BCUT2D eigenvalue weighted by Crippen LogP contribution is -2.55. The van der Waals surface area contributed by atoms with Gasteiger partial charge in [0.25, 0.3) is 5.91 Å². The van der Waals surface area contributed by atoms with Crippen molar-refractivity contribution in [1.29, 1.82) is 0 Å². The van der Waals surface area contributed by atoms with Crippen LogP contribution in [0.4, 0.5) is 35.5 Å². The molecular weight excluding hydrogens is 559 g/mol. The second-order valence-corrected chi connectivity index (χ2v) is 10.7. The predicted molar refractivity (Wildman–Crippen MR) is 135 cm³/mol. The van der Waals surface area contributed by atoms with Gasteiger partial charge in [0.1, 0.15) is 5.82 Å². The van der Waals surface area contributed by atoms with Crippen LogP contribution in [0.5, 0.6) is 0 Å². The third-order valence-corrected chi connectivity index (χ3v) is 8.14. The average Bonchev–Trinajstić information content (AvgIpc) is 2.92. The van der Waals surface area contributed by atoms with Crippen molar-refractivity contribution >= 4 is 12.0 Å². The highest BCUT2D eigenvalue weighted by atomic mass is 19.4. The standard InChI is InChI=1S/C28H30F7N3O3/c1-16-3-4-17(13-23(16)29)22-15-38(21-5-8-37(9-6-21)26(40)41)10-7-24(22)36(2)25(39)18-11-19(27(30,31)32)14-20(12-18)28(33,34)35/h3-4,11-14,21-22,24H,5-10,15H2,1-2H3,(H,40,41). The first-order valence-electron chi connectivity index (χ1n) is 13.1. The number of carbonyl (C=O) groups is 2. The van der Waals surface area contributed by atoms with Crippen molar-refractivity contribution in [3.8, 4) is 0 Å². The number of likely N-dealkylation sites (tertiary alicyclic amines) is 2. The smallest absolute Gasteiger partial charge is 0.416 e. The number of halogens is 7. The molecule has 2 aliphatic heterocycles. The zero-order valence-electron chi connectivity index (χ0n) is 22.4. The van der Waals surface area contributed by atoms with Crippen LogP contribution in [0.3, 0.4) is 0 Å². The van der Waals surface area contributed by atoms with E-state index in [1.807, 2.05) is 0 Å². The van der Waals surface area contributed by atoms with E-state index in [0.29, 0.717) is 68.7 Å². The number of alkyl halides is 6. The number of benzene rings is 2. The van der Waals surface area contributed by atoms with Crippen molar-refractivity contribution in [2.45, 2.75) is 56.5 Å². The first-order chi connectivity index (χ1) is 19.1. The molecule has 0 saturated carbocycles. The van der Waals surface area contributed by atoms with Gasteiger partial charge in [-0.05, 0) is 61.6 Å². The lowest BCUT2D eigenvalue weighted by molar-refractivity contribution is -0.143. The molecule has 0 bridgehead atoms. The van der Waals surface area contributed by atoms with Gasteiger partial charge in [-0.15, -0.1) is 0 Å². The Morgan fingerprint density at radius 2 is 1.49 bits per heavy atom. The summed E-state index contributed by atoms with van der Waals surface area (Å²) < 4.78 is 95.2. The molecule has 2 saturated heterocycles. The first kappa shape index (κ1) is 30.6. The molecule has 2 unspecified atom stereocenters. The van der Waals surface area contributed by atoms with Crippen LogP contribution in [0.15, 0.2) is 36.4 Å². The Labute approximate surface area is 232 Å². The lowest BCUT2D eigenvalue weighted by Gasteiger charge is -2.47. The summed E-state index contributed by atoms with van der Waals surface area (Å²) in [5.74, 6) is -1.99. The first-order valence-corrected chi connectivity index (χ1v) is 13.1. The van der Waals surface area contributed by atoms with Crippen LogP contribution < -0.4 is 0 Å². The van der Waals surface area contributed by atoms with E-state index in [9.17, 15) is 45.4 Å². The van der Waals surface area contributed by atoms with E-state index in [1.54, 1.807) is 19.1 Å². The van der Waals surface area contributed by atoms with Gasteiger partial charge >= 0.3 is 18.4 Å². The van der Waals surface area contributed by atoms with Crippen molar-refractivity contribution in [1.82, 2.24) is 14.7 Å². The molecule has 1 N–H and O–H groups in total. The topological polar surface area (TPSA) is 64.1 Å². The van der Waals surface area contributed by atoms with Crippen molar-refractivity contribution in [2.24, 2.45) is 0 Å². The van der Waals surface area contributed by atoms with E-state index < -0.39 is 58.8 Å². The Morgan fingerprint density at radius 1 is 0.902 bits per heavy atom. The summed E-state index contributed by atoms with van der Waals surface area (Å²) in [6, 6.07) is 4.82. The molecule has 4 rings (SSSR count). The number of rotatable bonds is 4. The summed E-state index contributed by atoms with van der Waals surface area (Å²) in [6.07, 6.45) is -9.72. The minimum absolute atomic E-state index is 0.0250. The van der Waals surface area contributed by atoms with Crippen LogP contribution in [-0.4, -0.2) is 77.1 Å². The Kier molecular flexibility index (Phi) is 8.58. The van der Waals surface area contributed by atoms with E-state index in [2.05, 4.69) is 4.90 Å². The molecule has 0 radical (unpaired) electrons. The monoisotopic (exact) mass is 589 g/mol. The summed E-state index contributed by atoms with van der Waals surface area (Å²) in [5.41, 5.74) is -2.96. The molecule has 2 aromatic carbocycles. The van der Waals surface area contributed by atoms with Crippen molar-refractivity contribution in [3.05, 3.63) is 70.0 Å². The highest BCUT2D eigenvalue weighted by molar-refractivity contribution is 5.95. The molecule has 0 aromatic heterocycles. The molecule has 0 spiro atoms. The number of amides is 2. The third-order valence-electron chi connectivity index (χ3n) is 8.14. The minimum atomic E-state index is -5.10. The summed E-state index contributed by atoms with van der Waals surface area (Å²) >= 11 is 0. The van der Waals surface area contributed by atoms with Gasteiger partial charge in [0, 0.05) is 56.8 Å². The van der Waals surface area contributed by atoms with Gasteiger partial charge in [0.2, 0.25) is 0 Å². The van der Waals surface area contributed by atoms with Crippen LogP contribution in [0.1, 0.15) is 57.8 Å². The van der Waals surface area contributed by atoms with Gasteiger partial charge in [0.15, 0.2) is 0 Å². The van der Waals surface area contributed by atoms with Crippen LogP contribution in [0.2, 0.25) is 0 Å². The third kappa shape index (κ3) is 6.77. The molecular formula is C28H30F7N3O3. The average molecular weight is 590 g/mol. The van der Waals surface area contributed by atoms with Crippen molar-refractivity contribution in [3.63, 3.8) is 0 Å². The highest BCUT2D eigenvalue weighted by Gasteiger charge is 2.41. The molecule has 2 fully saturated rings. The quantitative estimate of drug-likeness (QED) is 0.429. The second kappa shape index (κ2) is 11.5. The number of carbonyl (C=O) groups excluding carboxylic acids is 1. The number of likely N-dealkylation sites (N-methyl/N-ethyl adjacent to an activating group) is 1. The number of hydrogen-bond donors (Lipinski definition) is 1. The number of aryl methyl sites for hydroxylation is 1. The SMILES string of the molecule is Cc1ccc(C2CN(C3CCN(C(=O)O)CC3)CCC2N(C)C(=O)c2cc(C(F)(F)F)cc(C(F)(F)F)c2)cc1F. The molecule has 2 aromatic rings. The maximum Gasteiger partial charge on any atom is 0.416 e. The Balaban J connectivity index is 1.64. The number of hydrogen-bond acceptors (Lipinski definition) is 3. The van der Waals surface area contributed by atoms with E-state index in [0.717, 1.165) is 4.90 Å². The molecule has 6 nitrogen and oxygen atoms in total. The summed E-state index contributed by atoms with van der Waals surface area (Å²) in [5, 5.41) is 9.25. The second-order valence-electron chi connectivity index (χ2n) is 10.7. The van der Waals surface area contributed by atoms with Gasteiger partial charge in [0.05, 0.1) is 11.1 Å². The summed E-state index contributed by atoms with van der Waals surface area (Å²) in [6.45, 7) is 3.08. The van der Waals surface area contributed by atoms with E-state index in [-0.39, 0.29) is 12.1 Å². The summed E-state index contributed by atoms with van der Waals surface area (Å²) in [4.78, 5) is 29.3. The molecule has 2 atom stereocenters. The Hall–Kier alpha value is -3.35. The molecule has 2 aliphatic rings. The van der Waals surface area contributed by atoms with Gasteiger partial charge < -0.3 is 14.9 Å². The molecule has 13 heteroatoms. The van der Waals surface area contributed by atoms with E-state index in [4.69, 9.17) is 0 Å². The normalized spacial score (nSPS) is 21.1. The van der Waals surface area contributed by atoms with E-state index in [1.165, 1.54) is 18.0 Å². The van der Waals surface area contributed by atoms with Gasteiger partial charge in [-0.25, -0.2) is 9.18 Å². The maximum atomic E-state index is 14.6. The van der Waals surface area contributed by atoms with Gasteiger partial charge in [-0.1, -0.05) is 12.1 Å². The Morgan fingerprint density at radius 3 is 2.00 bits per heavy atom. The number of nitrogens with zero attached hydrogens (tertiary/aromatic N) is 3. The van der Waals surface area contributed by atoms with Crippen LogP contribution in [-0.2, 0) is 12.4 Å². The fraction of sp³-hybridized carbons (Fsp3) is 0.500. The zero-order valence-corrected chi connectivity index (χ0v) is 22.4. The maximum absolute atomic E-state index is 14.6. The number of piperidine rings is 2. The van der Waals surface area contributed by atoms with Crippen LogP contribution in [0.25, 0.3) is 0 Å².